The highest BCUT2D eigenvalue weighted by Crippen LogP contribution is 2.34. The third kappa shape index (κ3) is 4.58. The van der Waals surface area contributed by atoms with E-state index in [2.05, 4.69) is 17.6 Å². The zero-order chi connectivity index (χ0) is 13.6. The molecule has 0 aromatic heterocycles. The van der Waals surface area contributed by atoms with Crippen molar-refractivity contribution in [1.29, 1.82) is 0 Å². The van der Waals surface area contributed by atoms with Crippen molar-refractivity contribution in [2.45, 2.75) is 45.6 Å². The Kier molecular flexibility index (Phi) is 4.83. The van der Waals surface area contributed by atoms with Crippen LogP contribution in [-0.4, -0.2) is 12.6 Å². The molecule has 0 atom stereocenters. The third-order valence-electron chi connectivity index (χ3n) is 4.03. The molecule has 19 heavy (non-hydrogen) atoms. The van der Waals surface area contributed by atoms with E-state index in [0.717, 1.165) is 12.1 Å². The molecular weight excluding hydrogens is 236 g/mol. The minimum Gasteiger partial charge on any atom is -0.338 e. The summed E-state index contributed by atoms with van der Waals surface area (Å²) in [4.78, 5) is 11.8. The Labute approximate surface area is 115 Å². The lowest BCUT2D eigenvalue weighted by molar-refractivity contribution is 0.199. The van der Waals surface area contributed by atoms with Crippen LogP contribution in [0.2, 0.25) is 0 Å². The Morgan fingerprint density at radius 2 is 1.79 bits per heavy atom. The lowest BCUT2D eigenvalue weighted by Crippen LogP contribution is -2.42. The van der Waals surface area contributed by atoms with Crippen LogP contribution >= 0.6 is 0 Å². The quantitative estimate of drug-likeness (QED) is 0.855. The van der Waals surface area contributed by atoms with Crippen LogP contribution in [-0.2, 0) is 6.54 Å². The highest BCUT2D eigenvalue weighted by Gasteiger charge is 2.26. The van der Waals surface area contributed by atoms with Gasteiger partial charge in [0.1, 0.15) is 0 Å². The number of hydrogen-bond donors (Lipinski definition) is 2. The second-order valence-electron chi connectivity index (χ2n) is 5.89. The molecule has 0 aliphatic heterocycles. The second-order valence-corrected chi connectivity index (χ2v) is 5.89. The maximum atomic E-state index is 11.8. The molecule has 0 bridgehead atoms. The Morgan fingerprint density at radius 1 is 1.11 bits per heavy atom. The van der Waals surface area contributed by atoms with E-state index in [-0.39, 0.29) is 6.03 Å². The molecule has 0 unspecified atom stereocenters. The van der Waals surface area contributed by atoms with E-state index in [9.17, 15) is 4.79 Å². The molecule has 2 amide bonds. The maximum absolute atomic E-state index is 11.8. The molecule has 1 saturated carbocycles. The summed E-state index contributed by atoms with van der Waals surface area (Å²) in [6, 6.07) is 9.92. The van der Waals surface area contributed by atoms with Gasteiger partial charge in [0.25, 0.3) is 0 Å². The van der Waals surface area contributed by atoms with E-state index in [4.69, 9.17) is 0 Å². The summed E-state index contributed by atoms with van der Waals surface area (Å²) < 4.78 is 0. The second kappa shape index (κ2) is 6.60. The third-order valence-corrected chi connectivity index (χ3v) is 4.03. The van der Waals surface area contributed by atoms with Crippen molar-refractivity contribution in [3.05, 3.63) is 35.9 Å². The number of urea groups is 1. The summed E-state index contributed by atoms with van der Waals surface area (Å²) in [5, 5.41) is 5.92. The van der Waals surface area contributed by atoms with Gasteiger partial charge in [-0.2, -0.15) is 0 Å². The number of nitrogens with one attached hydrogen (secondary N) is 2. The number of rotatable bonds is 4. The van der Waals surface area contributed by atoms with Gasteiger partial charge in [-0.15, -0.1) is 0 Å². The van der Waals surface area contributed by atoms with Crippen molar-refractivity contribution in [3.8, 4) is 0 Å². The first-order valence-corrected chi connectivity index (χ1v) is 7.24. The van der Waals surface area contributed by atoms with Crippen molar-refractivity contribution in [1.82, 2.24) is 10.6 Å². The van der Waals surface area contributed by atoms with Crippen LogP contribution < -0.4 is 10.6 Å². The fourth-order valence-electron chi connectivity index (χ4n) is 2.72. The van der Waals surface area contributed by atoms with E-state index < -0.39 is 0 Å². The summed E-state index contributed by atoms with van der Waals surface area (Å²) in [6.45, 7) is 3.65. The Bertz CT molecular complexity index is 396. The van der Waals surface area contributed by atoms with Gasteiger partial charge in [-0.05, 0) is 23.8 Å². The molecule has 1 aliphatic carbocycles. The van der Waals surface area contributed by atoms with Crippen molar-refractivity contribution in [2.75, 3.05) is 6.54 Å². The average molecular weight is 260 g/mol. The van der Waals surface area contributed by atoms with Gasteiger partial charge in [-0.3, -0.25) is 0 Å². The predicted octanol–water partition coefficient (Wildman–Crippen LogP) is 3.46. The molecule has 3 nitrogen and oxygen atoms in total. The molecule has 3 heteroatoms. The fourth-order valence-corrected chi connectivity index (χ4v) is 2.72. The van der Waals surface area contributed by atoms with Crippen molar-refractivity contribution < 1.29 is 4.79 Å². The van der Waals surface area contributed by atoms with Crippen LogP contribution in [0.3, 0.4) is 0 Å². The largest absolute Gasteiger partial charge is 0.338 e. The van der Waals surface area contributed by atoms with Gasteiger partial charge in [0.05, 0.1) is 0 Å². The van der Waals surface area contributed by atoms with Crippen LogP contribution in [0.25, 0.3) is 0 Å². The SMILES string of the molecule is CC1(CNC(=O)NCc2ccccc2)CCCCC1. The molecule has 1 aliphatic rings. The molecule has 1 aromatic rings. The standard InChI is InChI=1S/C16H24N2O/c1-16(10-6-3-7-11-16)13-18-15(19)17-12-14-8-4-2-5-9-14/h2,4-5,8-9H,3,6-7,10-13H2,1H3,(H2,17,18,19). The molecule has 1 fully saturated rings. The number of benzene rings is 1. The van der Waals surface area contributed by atoms with Crippen molar-refractivity contribution in [3.63, 3.8) is 0 Å². The lowest BCUT2D eigenvalue weighted by atomic mass is 9.76. The predicted molar refractivity (Wildman–Crippen MR) is 77.9 cm³/mol. The van der Waals surface area contributed by atoms with Gasteiger partial charge in [0, 0.05) is 13.1 Å². The van der Waals surface area contributed by atoms with Crippen LogP contribution in [0.15, 0.2) is 30.3 Å². The van der Waals surface area contributed by atoms with Gasteiger partial charge in [0.2, 0.25) is 0 Å². The van der Waals surface area contributed by atoms with Crippen LogP contribution in [0.5, 0.6) is 0 Å². The van der Waals surface area contributed by atoms with E-state index in [1.807, 2.05) is 30.3 Å². The van der Waals surface area contributed by atoms with Crippen LogP contribution in [0, 0.1) is 5.41 Å². The van der Waals surface area contributed by atoms with E-state index in [1.165, 1.54) is 32.1 Å². The highest BCUT2D eigenvalue weighted by atomic mass is 16.2. The maximum Gasteiger partial charge on any atom is 0.315 e. The van der Waals surface area contributed by atoms with Gasteiger partial charge in [-0.25, -0.2) is 4.79 Å². The first kappa shape index (κ1) is 13.9. The molecular formula is C16H24N2O. The van der Waals surface area contributed by atoms with Crippen LogP contribution in [0.1, 0.15) is 44.6 Å². The first-order valence-electron chi connectivity index (χ1n) is 7.24. The highest BCUT2D eigenvalue weighted by molar-refractivity contribution is 5.73. The van der Waals surface area contributed by atoms with E-state index in [1.54, 1.807) is 0 Å². The van der Waals surface area contributed by atoms with Crippen molar-refractivity contribution in [2.24, 2.45) is 5.41 Å². The van der Waals surface area contributed by atoms with Gasteiger partial charge < -0.3 is 10.6 Å². The number of hydrogen-bond acceptors (Lipinski definition) is 1. The minimum absolute atomic E-state index is 0.0596. The molecule has 0 heterocycles. The Morgan fingerprint density at radius 3 is 2.47 bits per heavy atom. The Balaban J connectivity index is 1.70. The summed E-state index contributed by atoms with van der Waals surface area (Å²) in [5.41, 5.74) is 1.42. The molecule has 2 rings (SSSR count). The molecule has 1 aromatic carbocycles. The van der Waals surface area contributed by atoms with Crippen LogP contribution in [0.4, 0.5) is 4.79 Å². The summed E-state index contributed by atoms with van der Waals surface area (Å²) in [5.74, 6) is 0. The molecule has 0 saturated heterocycles. The van der Waals surface area contributed by atoms with E-state index >= 15 is 0 Å². The van der Waals surface area contributed by atoms with Crippen molar-refractivity contribution >= 4 is 6.03 Å². The first-order chi connectivity index (χ1) is 9.18. The van der Waals surface area contributed by atoms with Gasteiger partial charge in [0.15, 0.2) is 0 Å². The smallest absolute Gasteiger partial charge is 0.315 e. The fraction of sp³-hybridized carbons (Fsp3) is 0.562. The topological polar surface area (TPSA) is 41.1 Å². The molecule has 0 spiro atoms. The summed E-state index contributed by atoms with van der Waals surface area (Å²) in [6.07, 6.45) is 6.39. The molecule has 0 radical (unpaired) electrons. The molecule has 2 N–H and O–H groups in total. The van der Waals surface area contributed by atoms with Gasteiger partial charge >= 0.3 is 6.03 Å². The Hall–Kier alpha value is -1.51. The zero-order valence-corrected chi connectivity index (χ0v) is 11.7. The van der Waals surface area contributed by atoms with E-state index in [0.29, 0.717) is 12.0 Å². The number of amides is 2. The normalized spacial score (nSPS) is 17.7. The summed E-state index contributed by atoms with van der Waals surface area (Å²) >= 11 is 0. The lowest BCUT2D eigenvalue weighted by Gasteiger charge is -2.33. The number of carbonyl (C=O) groups is 1. The monoisotopic (exact) mass is 260 g/mol. The minimum atomic E-state index is -0.0596. The summed E-state index contributed by atoms with van der Waals surface area (Å²) in [7, 11) is 0. The average Bonchev–Trinajstić information content (AvgIpc) is 2.45. The zero-order valence-electron chi connectivity index (χ0n) is 11.7. The molecule has 104 valence electrons. The number of carbonyl (C=O) groups excluding carboxylic acids is 1. The van der Waals surface area contributed by atoms with Gasteiger partial charge in [-0.1, -0.05) is 56.5 Å².